The maximum absolute atomic E-state index is 12.0. The molecule has 0 radical (unpaired) electrons. The summed E-state index contributed by atoms with van der Waals surface area (Å²) >= 11 is 1.63. The van der Waals surface area contributed by atoms with Gasteiger partial charge < -0.3 is 10.2 Å². The van der Waals surface area contributed by atoms with E-state index in [9.17, 15) is 8.42 Å². The lowest BCUT2D eigenvalue weighted by Gasteiger charge is -2.39. The maximum atomic E-state index is 12.0. The Morgan fingerprint density at radius 1 is 1.55 bits per heavy atom. The van der Waals surface area contributed by atoms with E-state index in [4.69, 9.17) is 0 Å². The molecular weight excluding hydrogens is 435 g/mol. The van der Waals surface area contributed by atoms with Crippen LogP contribution in [-0.4, -0.2) is 61.4 Å². The molecule has 1 saturated heterocycles. The van der Waals surface area contributed by atoms with Crippen LogP contribution in [0.2, 0.25) is 0 Å². The highest BCUT2D eigenvalue weighted by molar-refractivity contribution is 14.0. The molecule has 0 aromatic carbocycles. The molecule has 0 aliphatic carbocycles. The molecule has 1 aliphatic heterocycles. The Bertz CT molecular complexity index is 600. The highest BCUT2D eigenvalue weighted by atomic mass is 127. The standard InChI is InChI=1S/C13H22N4O2S2.HI/c1-13(2)10-17(7-9-21(13,18)19)12(14-3)16-5-4-11-15-6-8-20-11;/h6,8H,4-5,7,9-10H2,1-3H3,(H,14,16);1H. The summed E-state index contributed by atoms with van der Waals surface area (Å²) in [7, 11) is -1.30. The molecule has 0 unspecified atom stereocenters. The van der Waals surface area contributed by atoms with Crippen molar-refractivity contribution in [3.8, 4) is 0 Å². The first-order valence-corrected chi connectivity index (χ1v) is 9.45. The van der Waals surface area contributed by atoms with Crippen LogP contribution < -0.4 is 5.32 Å². The Kier molecular flexibility index (Phi) is 7.06. The van der Waals surface area contributed by atoms with Crippen LogP contribution in [-0.2, 0) is 16.3 Å². The first-order valence-electron chi connectivity index (χ1n) is 6.92. The first-order chi connectivity index (χ1) is 9.86. The van der Waals surface area contributed by atoms with E-state index in [0.29, 0.717) is 13.1 Å². The van der Waals surface area contributed by atoms with Gasteiger partial charge in [-0.1, -0.05) is 0 Å². The molecule has 0 amide bonds. The molecule has 1 N–H and O–H groups in total. The molecule has 0 spiro atoms. The van der Waals surface area contributed by atoms with Crippen molar-refractivity contribution in [3.63, 3.8) is 0 Å². The molecule has 9 heteroatoms. The van der Waals surface area contributed by atoms with Gasteiger partial charge in [0, 0.05) is 44.7 Å². The largest absolute Gasteiger partial charge is 0.356 e. The number of nitrogens with zero attached hydrogens (tertiary/aromatic N) is 3. The van der Waals surface area contributed by atoms with E-state index in [2.05, 4.69) is 15.3 Å². The molecule has 0 saturated carbocycles. The van der Waals surface area contributed by atoms with Crippen molar-refractivity contribution in [2.24, 2.45) is 4.99 Å². The monoisotopic (exact) mass is 458 g/mol. The lowest BCUT2D eigenvalue weighted by molar-refractivity contribution is 0.353. The smallest absolute Gasteiger partial charge is 0.193 e. The van der Waals surface area contributed by atoms with Crippen molar-refractivity contribution in [1.29, 1.82) is 0 Å². The van der Waals surface area contributed by atoms with Gasteiger partial charge in [-0.05, 0) is 13.8 Å². The first kappa shape index (κ1) is 19.6. The van der Waals surface area contributed by atoms with Crippen LogP contribution in [0.5, 0.6) is 0 Å². The molecule has 1 fully saturated rings. The number of hydrogen-bond donors (Lipinski definition) is 1. The summed E-state index contributed by atoms with van der Waals surface area (Å²) < 4.78 is 23.3. The Morgan fingerprint density at radius 2 is 2.27 bits per heavy atom. The van der Waals surface area contributed by atoms with E-state index in [-0.39, 0.29) is 29.7 Å². The second-order valence-corrected chi connectivity index (χ2v) is 9.37. The number of hydrogen-bond acceptors (Lipinski definition) is 5. The van der Waals surface area contributed by atoms with E-state index in [1.54, 1.807) is 38.4 Å². The molecule has 126 valence electrons. The van der Waals surface area contributed by atoms with Crippen molar-refractivity contribution in [1.82, 2.24) is 15.2 Å². The van der Waals surface area contributed by atoms with E-state index >= 15 is 0 Å². The van der Waals surface area contributed by atoms with E-state index < -0.39 is 14.6 Å². The van der Waals surface area contributed by atoms with Gasteiger partial charge in [-0.15, -0.1) is 35.3 Å². The molecule has 2 rings (SSSR count). The average molecular weight is 458 g/mol. The van der Waals surface area contributed by atoms with Crippen LogP contribution in [0.4, 0.5) is 0 Å². The van der Waals surface area contributed by atoms with Crippen molar-refractivity contribution in [2.45, 2.75) is 25.0 Å². The molecule has 22 heavy (non-hydrogen) atoms. The van der Waals surface area contributed by atoms with Gasteiger partial charge in [0.05, 0.1) is 15.5 Å². The third kappa shape index (κ3) is 4.54. The molecule has 1 aromatic rings. The third-order valence-corrected chi connectivity index (χ3v) is 7.03. The fourth-order valence-electron chi connectivity index (χ4n) is 2.31. The SMILES string of the molecule is CN=C(NCCc1nccs1)N1CCS(=O)(=O)C(C)(C)C1.I. The molecular formula is C13H23IN4O2S2. The molecule has 2 heterocycles. The minimum absolute atomic E-state index is 0. The minimum atomic E-state index is -3.02. The number of sulfone groups is 1. The van der Waals surface area contributed by atoms with Crippen molar-refractivity contribution < 1.29 is 8.42 Å². The van der Waals surface area contributed by atoms with Crippen molar-refractivity contribution in [2.75, 3.05) is 32.4 Å². The molecule has 1 aliphatic rings. The highest BCUT2D eigenvalue weighted by Gasteiger charge is 2.40. The van der Waals surface area contributed by atoms with Crippen LogP contribution >= 0.6 is 35.3 Å². The number of aromatic nitrogens is 1. The number of halogens is 1. The van der Waals surface area contributed by atoms with Crippen LogP contribution in [0.1, 0.15) is 18.9 Å². The van der Waals surface area contributed by atoms with Gasteiger partial charge in [0.15, 0.2) is 15.8 Å². The average Bonchev–Trinajstić information content (AvgIpc) is 2.91. The number of rotatable bonds is 3. The second kappa shape index (κ2) is 7.91. The summed E-state index contributed by atoms with van der Waals surface area (Å²) in [5.74, 6) is 0.933. The molecule has 0 atom stereocenters. The van der Waals surface area contributed by atoms with Gasteiger partial charge in [-0.3, -0.25) is 4.99 Å². The molecule has 6 nitrogen and oxygen atoms in total. The van der Waals surface area contributed by atoms with E-state index in [1.807, 2.05) is 10.3 Å². The maximum Gasteiger partial charge on any atom is 0.193 e. The van der Waals surface area contributed by atoms with E-state index in [0.717, 1.165) is 23.9 Å². The number of guanidine groups is 1. The third-order valence-electron chi connectivity index (χ3n) is 3.66. The molecule has 1 aromatic heterocycles. The van der Waals surface area contributed by atoms with Crippen LogP contribution in [0.3, 0.4) is 0 Å². The van der Waals surface area contributed by atoms with Crippen LogP contribution in [0.15, 0.2) is 16.6 Å². The Balaban J connectivity index is 0.00000242. The summed E-state index contributed by atoms with van der Waals surface area (Å²) in [4.78, 5) is 10.5. The zero-order valence-electron chi connectivity index (χ0n) is 13.1. The Labute approximate surface area is 153 Å². The number of thiazole rings is 1. The fourth-order valence-corrected chi connectivity index (χ4v) is 4.30. The molecule has 0 bridgehead atoms. The second-order valence-electron chi connectivity index (χ2n) is 5.65. The normalized spacial score (nSPS) is 20.3. The lowest BCUT2D eigenvalue weighted by atomic mass is 10.2. The topological polar surface area (TPSA) is 74.7 Å². The Hall–Kier alpha value is -0.420. The number of aliphatic imine (C=N–C) groups is 1. The van der Waals surface area contributed by atoms with Crippen LogP contribution in [0, 0.1) is 0 Å². The summed E-state index contributed by atoms with van der Waals surface area (Å²) in [5.41, 5.74) is 0. The van der Waals surface area contributed by atoms with Gasteiger partial charge in [0.1, 0.15) is 0 Å². The Morgan fingerprint density at radius 3 is 2.82 bits per heavy atom. The van der Waals surface area contributed by atoms with Crippen molar-refractivity contribution >= 4 is 51.1 Å². The number of nitrogens with one attached hydrogen (secondary N) is 1. The summed E-state index contributed by atoms with van der Waals surface area (Å²) in [6, 6.07) is 0. The van der Waals surface area contributed by atoms with Gasteiger partial charge in [0.2, 0.25) is 0 Å². The summed E-state index contributed by atoms with van der Waals surface area (Å²) in [6.45, 7) is 5.24. The predicted molar refractivity (Wildman–Crippen MR) is 102 cm³/mol. The predicted octanol–water partition coefficient (Wildman–Crippen LogP) is 1.39. The zero-order valence-corrected chi connectivity index (χ0v) is 17.0. The van der Waals surface area contributed by atoms with Crippen molar-refractivity contribution in [3.05, 3.63) is 16.6 Å². The summed E-state index contributed by atoms with van der Waals surface area (Å²) in [5, 5.41) is 6.33. The van der Waals surface area contributed by atoms with Gasteiger partial charge >= 0.3 is 0 Å². The summed E-state index contributed by atoms with van der Waals surface area (Å²) in [6.07, 6.45) is 2.64. The van der Waals surface area contributed by atoms with E-state index in [1.165, 1.54) is 0 Å². The van der Waals surface area contributed by atoms with Gasteiger partial charge in [-0.25, -0.2) is 13.4 Å². The van der Waals surface area contributed by atoms with Gasteiger partial charge in [0.25, 0.3) is 0 Å². The fraction of sp³-hybridized carbons (Fsp3) is 0.692. The van der Waals surface area contributed by atoms with Gasteiger partial charge in [-0.2, -0.15) is 0 Å². The quantitative estimate of drug-likeness (QED) is 0.421. The zero-order chi connectivity index (χ0) is 15.5. The minimum Gasteiger partial charge on any atom is -0.356 e. The highest BCUT2D eigenvalue weighted by Crippen LogP contribution is 2.23. The van der Waals surface area contributed by atoms with Crippen LogP contribution in [0.25, 0.3) is 0 Å². The lowest BCUT2D eigenvalue weighted by Crippen LogP contribution is -2.57.